The van der Waals surface area contributed by atoms with Gasteiger partial charge in [0, 0.05) is 30.8 Å². The second kappa shape index (κ2) is 7.25. The minimum absolute atomic E-state index is 0.103. The fourth-order valence-electron chi connectivity index (χ4n) is 5.52. The maximum atomic E-state index is 13.9. The van der Waals surface area contributed by atoms with E-state index in [1.807, 2.05) is 17.0 Å². The highest BCUT2D eigenvalue weighted by molar-refractivity contribution is 7.22. The van der Waals surface area contributed by atoms with Crippen molar-refractivity contribution in [3.8, 4) is 0 Å². The van der Waals surface area contributed by atoms with Gasteiger partial charge in [0.2, 0.25) is 11.6 Å². The third-order valence-corrected chi connectivity index (χ3v) is 8.27. The third-order valence-electron chi connectivity index (χ3n) is 7.03. The summed E-state index contributed by atoms with van der Waals surface area (Å²) in [5, 5.41) is 7.33. The zero-order chi connectivity index (χ0) is 23.9. The zero-order valence-corrected chi connectivity index (χ0v) is 19.7. The molecule has 1 aromatic heterocycles. The van der Waals surface area contributed by atoms with Gasteiger partial charge >= 0.3 is 6.09 Å². The van der Waals surface area contributed by atoms with Crippen molar-refractivity contribution < 1.29 is 23.9 Å². The van der Waals surface area contributed by atoms with Gasteiger partial charge in [-0.1, -0.05) is 29.0 Å². The van der Waals surface area contributed by atoms with Crippen LogP contribution in [-0.2, 0) is 19.1 Å². The van der Waals surface area contributed by atoms with E-state index < -0.39 is 17.7 Å². The van der Waals surface area contributed by atoms with Crippen molar-refractivity contribution in [1.29, 1.82) is 0 Å². The van der Waals surface area contributed by atoms with Crippen LogP contribution in [0.3, 0.4) is 0 Å². The van der Waals surface area contributed by atoms with Crippen LogP contribution in [0.4, 0.5) is 9.93 Å². The molecule has 2 fully saturated rings. The molecule has 0 saturated carbocycles. The summed E-state index contributed by atoms with van der Waals surface area (Å²) in [4.78, 5) is 45.2. The molecule has 4 aliphatic rings. The molecule has 10 nitrogen and oxygen atoms in total. The number of carbonyl (C=O) groups is 3. The van der Waals surface area contributed by atoms with Crippen molar-refractivity contribution in [1.82, 2.24) is 15.2 Å². The lowest BCUT2D eigenvalue weighted by Crippen LogP contribution is -2.55. The number of ether oxygens (including phenoxy) is 2. The number of hydrogen-bond donors (Lipinski definition) is 3. The van der Waals surface area contributed by atoms with Gasteiger partial charge in [-0.2, -0.15) is 0 Å². The van der Waals surface area contributed by atoms with E-state index in [0.717, 1.165) is 4.70 Å². The number of amides is 1. The molecule has 0 bridgehead atoms. The number of halogens is 1. The van der Waals surface area contributed by atoms with Crippen molar-refractivity contribution in [2.24, 2.45) is 11.7 Å². The number of primary amides is 1. The topological polar surface area (TPSA) is 146 Å². The Morgan fingerprint density at radius 2 is 2.21 bits per heavy atom. The van der Waals surface area contributed by atoms with Gasteiger partial charge in [-0.05, 0) is 19.1 Å². The van der Waals surface area contributed by atoms with E-state index >= 15 is 0 Å². The Hall–Kier alpha value is -2.99. The first-order chi connectivity index (χ1) is 16.3. The summed E-state index contributed by atoms with van der Waals surface area (Å²) in [5.41, 5.74) is 5.80. The van der Waals surface area contributed by atoms with Gasteiger partial charge in [0.1, 0.15) is 12.1 Å². The predicted molar refractivity (Wildman–Crippen MR) is 124 cm³/mol. The molecule has 2 saturated heterocycles. The number of Topliss-reactive ketones (excluding diaryl/α,β-unsaturated/α-hetero) is 2. The number of methoxy groups -OCH3 is 1. The summed E-state index contributed by atoms with van der Waals surface area (Å²) in [7, 11) is 1.53. The number of anilines is 1. The van der Waals surface area contributed by atoms with Crippen LogP contribution in [-0.4, -0.2) is 65.6 Å². The second-order valence-electron chi connectivity index (χ2n) is 8.65. The fraction of sp³-hybridized carbons (Fsp3) is 0.364. The van der Waals surface area contributed by atoms with Crippen molar-refractivity contribution in [3.63, 3.8) is 0 Å². The second-order valence-corrected chi connectivity index (χ2v) is 10.1. The average molecular weight is 502 g/mol. The summed E-state index contributed by atoms with van der Waals surface area (Å²) in [5.74, 6) is -1.34. The molecule has 1 unspecified atom stereocenters. The molecule has 1 aromatic carbocycles. The minimum Gasteiger partial charge on any atom is -0.449 e. The van der Waals surface area contributed by atoms with Crippen LogP contribution >= 0.6 is 22.9 Å². The number of carbonyl (C=O) groups excluding carboxylic acids is 3. The molecule has 3 aliphatic heterocycles. The van der Waals surface area contributed by atoms with E-state index in [9.17, 15) is 14.4 Å². The lowest BCUT2D eigenvalue weighted by Gasteiger charge is -2.39. The zero-order valence-electron chi connectivity index (χ0n) is 18.2. The van der Waals surface area contributed by atoms with Gasteiger partial charge in [-0.3, -0.25) is 9.59 Å². The first-order valence-electron chi connectivity index (χ1n) is 10.7. The van der Waals surface area contributed by atoms with E-state index in [0.29, 0.717) is 27.9 Å². The lowest BCUT2D eigenvalue weighted by atomic mass is 9.82. The third kappa shape index (κ3) is 2.75. The number of rotatable bonds is 5. The molecule has 6 rings (SSSR count). The number of ketones is 2. The Labute approximate surface area is 202 Å². The van der Waals surface area contributed by atoms with Crippen LogP contribution in [0.15, 0.2) is 40.7 Å². The van der Waals surface area contributed by atoms with Gasteiger partial charge in [-0.25, -0.2) is 9.78 Å². The highest BCUT2D eigenvalue weighted by atomic mass is 35.5. The number of nitrogens with two attached hydrogens (primary N) is 1. The summed E-state index contributed by atoms with van der Waals surface area (Å²) in [6.07, 6.45) is -0.962. The van der Waals surface area contributed by atoms with Crippen molar-refractivity contribution in [3.05, 3.63) is 45.8 Å². The number of allylic oxidation sites excluding steroid dienone is 2. The Bertz CT molecular complexity index is 1370. The average Bonchev–Trinajstić information content (AvgIpc) is 3.20. The molecular weight excluding hydrogens is 482 g/mol. The van der Waals surface area contributed by atoms with Gasteiger partial charge in [0.25, 0.3) is 0 Å². The maximum Gasteiger partial charge on any atom is 0.404 e. The smallest absolute Gasteiger partial charge is 0.404 e. The van der Waals surface area contributed by atoms with Crippen molar-refractivity contribution >= 4 is 55.9 Å². The summed E-state index contributed by atoms with van der Waals surface area (Å²) >= 11 is 7.58. The van der Waals surface area contributed by atoms with E-state index in [-0.39, 0.29) is 47.1 Å². The quantitative estimate of drug-likeness (QED) is 0.412. The summed E-state index contributed by atoms with van der Waals surface area (Å²) < 4.78 is 12.0. The maximum absolute atomic E-state index is 13.9. The van der Waals surface area contributed by atoms with Crippen LogP contribution in [0.2, 0.25) is 5.02 Å². The summed E-state index contributed by atoms with van der Waals surface area (Å²) in [6.45, 7) is 1.94. The van der Waals surface area contributed by atoms with Crippen LogP contribution in [0.25, 0.3) is 10.2 Å². The molecule has 176 valence electrons. The normalized spacial score (nSPS) is 29.5. The molecule has 2 aromatic rings. The standard InChI is InChI=1S/C22H20ClN5O5S/c1-8-14(26-21-27-15-10(23)4-3-5-12(15)34-21)18(30)13-9(7-33-20(24)31)22(32-2)19-11(25-19)6-28(22)16(13)17(8)29/h3-5,9,11,19,25H,6-7H2,1-2H3,(H2,24,31)(H,26,27)/t9-,11+,19+,22?/m0/s1. The van der Waals surface area contributed by atoms with E-state index in [1.165, 1.54) is 18.4 Å². The number of nitrogens with one attached hydrogen (secondary N) is 2. The number of thiazole rings is 1. The fourth-order valence-corrected chi connectivity index (χ4v) is 6.69. The Kier molecular flexibility index (Phi) is 4.59. The molecule has 1 aliphatic carbocycles. The Balaban J connectivity index is 1.41. The van der Waals surface area contributed by atoms with Gasteiger partial charge in [0.15, 0.2) is 10.9 Å². The van der Waals surface area contributed by atoms with Gasteiger partial charge in [0.05, 0.1) is 33.1 Å². The van der Waals surface area contributed by atoms with Crippen LogP contribution < -0.4 is 16.4 Å². The number of fused-ring (bicyclic) bond motifs is 5. The van der Waals surface area contributed by atoms with Crippen LogP contribution in [0, 0.1) is 5.92 Å². The first kappa shape index (κ1) is 21.5. The van der Waals surface area contributed by atoms with Crippen molar-refractivity contribution in [2.45, 2.75) is 24.7 Å². The molecule has 34 heavy (non-hydrogen) atoms. The number of benzene rings is 1. The number of para-hydroxylation sites is 1. The number of nitrogens with zero attached hydrogens (tertiary/aromatic N) is 2. The van der Waals surface area contributed by atoms with Crippen LogP contribution in [0.1, 0.15) is 6.92 Å². The molecule has 12 heteroatoms. The van der Waals surface area contributed by atoms with Gasteiger partial charge in [-0.15, -0.1) is 0 Å². The predicted octanol–water partition coefficient (Wildman–Crippen LogP) is 1.77. The number of aromatic nitrogens is 1. The lowest BCUT2D eigenvalue weighted by molar-refractivity contribution is -0.137. The van der Waals surface area contributed by atoms with E-state index in [1.54, 1.807) is 13.0 Å². The molecule has 1 amide bonds. The highest BCUT2D eigenvalue weighted by Gasteiger charge is 2.72. The number of piperazine rings is 1. The molecule has 4 atom stereocenters. The SMILES string of the molecule is COC12[C@@H]3N[C@@H]3CN1C1=C(C(=O)C(Nc3nc4c(Cl)cccc4s3)=C(C)C1=O)[C@@H]2COC(N)=O. The van der Waals surface area contributed by atoms with E-state index in [4.69, 9.17) is 26.8 Å². The molecule has 4 heterocycles. The van der Waals surface area contributed by atoms with Crippen LogP contribution in [0.5, 0.6) is 0 Å². The van der Waals surface area contributed by atoms with Gasteiger partial charge < -0.3 is 30.7 Å². The highest BCUT2D eigenvalue weighted by Crippen LogP contribution is 2.55. The summed E-state index contributed by atoms with van der Waals surface area (Å²) in [6, 6.07) is 5.46. The number of hydrogen-bond acceptors (Lipinski definition) is 10. The van der Waals surface area contributed by atoms with Crippen molar-refractivity contribution in [2.75, 3.05) is 25.6 Å². The monoisotopic (exact) mass is 501 g/mol. The minimum atomic E-state index is -1.02. The molecule has 0 spiro atoms. The molecule has 4 N–H and O–H groups in total. The Morgan fingerprint density at radius 1 is 1.41 bits per heavy atom. The Morgan fingerprint density at radius 3 is 2.91 bits per heavy atom. The van der Waals surface area contributed by atoms with E-state index in [2.05, 4.69) is 15.6 Å². The first-order valence-corrected chi connectivity index (χ1v) is 11.8. The molecular formula is C22H20ClN5O5S. The largest absolute Gasteiger partial charge is 0.449 e. The molecule has 0 radical (unpaired) electrons.